The van der Waals surface area contributed by atoms with E-state index < -0.39 is 28.8 Å². The van der Waals surface area contributed by atoms with Gasteiger partial charge < -0.3 is 30.4 Å². The topological polar surface area (TPSA) is 132 Å². The molecule has 4 N–H and O–H groups in total. The number of allylic oxidation sites excluding steroid dienone is 1. The number of ether oxygens (including phenoxy) is 3. The Morgan fingerprint density at radius 3 is 2.39 bits per heavy atom. The van der Waals surface area contributed by atoms with Crippen LogP contribution in [0, 0.1) is 56.7 Å². The van der Waals surface area contributed by atoms with Crippen molar-refractivity contribution in [1.29, 1.82) is 0 Å². The Hall–Kier alpha value is -2.13. The van der Waals surface area contributed by atoms with Gasteiger partial charge >= 0.3 is 11.9 Å². The zero-order valence-corrected chi connectivity index (χ0v) is 32.6. The highest BCUT2D eigenvalue weighted by molar-refractivity contribution is 5.78. The minimum atomic E-state index is -0.651. The van der Waals surface area contributed by atoms with Crippen molar-refractivity contribution in [2.75, 3.05) is 19.8 Å². The number of aliphatic carboxylic acids is 1. The Morgan fingerprint density at radius 2 is 1.80 bits per heavy atom. The molecule has 9 heteroatoms. The molecule has 0 aromatic rings. The summed E-state index contributed by atoms with van der Waals surface area (Å²) in [5.74, 6) is 0.188. The van der Waals surface area contributed by atoms with E-state index in [4.69, 9.17) is 19.9 Å². The third-order valence-corrected chi connectivity index (χ3v) is 15.0. The molecule has 9 nitrogen and oxygen atoms in total. The Balaban J connectivity index is 1.53. The van der Waals surface area contributed by atoms with Crippen LogP contribution >= 0.6 is 0 Å². The molecule has 3 saturated carbocycles. The fourth-order valence-electron chi connectivity index (χ4n) is 12.3. The van der Waals surface area contributed by atoms with Gasteiger partial charge in [0.15, 0.2) is 5.96 Å². The van der Waals surface area contributed by atoms with Crippen LogP contribution in [-0.2, 0) is 23.8 Å². The average Bonchev–Trinajstić information content (AvgIpc) is 2.97. The minimum absolute atomic E-state index is 0.0652. The summed E-state index contributed by atoms with van der Waals surface area (Å²) < 4.78 is 19.6. The van der Waals surface area contributed by atoms with Gasteiger partial charge in [-0.2, -0.15) is 0 Å². The van der Waals surface area contributed by atoms with Gasteiger partial charge in [-0.15, -0.1) is 0 Å². The third kappa shape index (κ3) is 5.94. The standard InChI is InChI=1S/C40H67N3O6/c1-23(2)24(3)36(9)17-18-38(11)27-13-14-30-37(10)22-48-25(4)40(30,28(27)15-16-39(38,12)31(36)33(45)46)21-29(49-26(5)44)32(37)47-20-19-42-34(41)43-35(6,7)8/h15,23-25,27,29-32H,13-14,16-22H2,1-12H3,(H,45,46)(H3,41,42,43)/t24-,25+,27+,29-,30?,31-,32+,36-,37-,38-,39+,40+/m1/s1. The number of esters is 1. The van der Waals surface area contributed by atoms with Gasteiger partial charge in [0.05, 0.1) is 31.8 Å². The highest BCUT2D eigenvalue weighted by Crippen LogP contribution is 2.75. The van der Waals surface area contributed by atoms with Gasteiger partial charge in [-0.05, 0) is 106 Å². The van der Waals surface area contributed by atoms with Gasteiger partial charge in [-0.3, -0.25) is 14.6 Å². The molecule has 5 aliphatic rings. The Kier molecular flexibility index (Phi) is 9.97. The average molecular weight is 686 g/mol. The summed E-state index contributed by atoms with van der Waals surface area (Å²) in [7, 11) is 0. The molecule has 0 aromatic heterocycles. The van der Waals surface area contributed by atoms with Crippen LogP contribution in [0.25, 0.3) is 0 Å². The van der Waals surface area contributed by atoms with Gasteiger partial charge in [0.25, 0.3) is 0 Å². The predicted molar refractivity (Wildman–Crippen MR) is 193 cm³/mol. The number of carboxylic acid groups (broad SMARTS) is 1. The van der Waals surface area contributed by atoms with Crippen LogP contribution in [0.5, 0.6) is 0 Å². The number of nitrogens with one attached hydrogen (secondary N) is 1. The maximum absolute atomic E-state index is 13.4. The zero-order valence-electron chi connectivity index (χ0n) is 32.6. The molecule has 5 rings (SSSR count). The number of rotatable bonds is 8. The number of nitrogens with two attached hydrogens (primary N) is 1. The van der Waals surface area contributed by atoms with Crippen molar-refractivity contribution in [3.05, 3.63) is 11.6 Å². The minimum Gasteiger partial charge on any atom is -0.481 e. The van der Waals surface area contributed by atoms with Crippen molar-refractivity contribution in [3.8, 4) is 0 Å². The highest BCUT2D eigenvalue weighted by atomic mass is 16.6. The molecule has 1 unspecified atom stereocenters. The number of fused-ring (bicyclic) bond motifs is 3. The SMILES string of the molecule is CC(=O)O[C@@H]1C[C@]23C4=CC[C@@]5(C)[C@H](C(=O)O)[C@@](C)([C@H](C)C(C)C)CC[C@]5(C)[C@H]4CCC2[C@@](C)(CO[C@H]3C)[C@H]1OCCN=C(N)NC(C)(C)C. The molecule has 1 aliphatic heterocycles. The number of aliphatic imine (C=N–C) groups is 1. The maximum atomic E-state index is 13.4. The van der Waals surface area contributed by atoms with Crippen LogP contribution in [0.2, 0.25) is 0 Å². The van der Waals surface area contributed by atoms with Gasteiger partial charge in [0.1, 0.15) is 12.2 Å². The van der Waals surface area contributed by atoms with Crippen molar-refractivity contribution in [3.63, 3.8) is 0 Å². The number of carboxylic acids is 1. The molecule has 0 radical (unpaired) electrons. The molecule has 1 heterocycles. The molecule has 49 heavy (non-hydrogen) atoms. The van der Waals surface area contributed by atoms with Crippen LogP contribution in [0.15, 0.2) is 16.6 Å². The van der Waals surface area contributed by atoms with E-state index in [1.54, 1.807) is 0 Å². The largest absolute Gasteiger partial charge is 0.481 e. The van der Waals surface area contributed by atoms with Crippen molar-refractivity contribution in [2.45, 2.75) is 145 Å². The fraction of sp³-hybridized carbons (Fsp3) is 0.875. The molecule has 0 aromatic carbocycles. The first kappa shape index (κ1) is 38.1. The monoisotopic (exact) mass is 686 g/mol. The second-order valence-electron chi connectivity index (χ2n) is 19.0. The number of hydrogen-bond acceptors (Lipinski definition) is 6. The molecule has 0 spiro atoms. The molecule has 4 fully saturated rings. The number of carbonyl (C=O) groups excluding carboxylic acids is 1. The first-order chi connectivity index (χ1) is 22.6. The summed E-state index contributed by atoms with van der Waals surface area (Å²) >= 11 is 0. The maximum Gasteiger partial charge on any atom is 0.307 e. The van der Waals surface area contributed by atoms with Crippen molar-refractivity contribution >= 4 is 17.9 Å². The molecular weight excluding hydrogens is 618 g/mol. The van der Waals surface area contributed by atoms with Crippen LogP contribution in [0.4, 0.5) is 0 Å². The van der Waals surface area contributed by atoms with Crippen molar-refractivity contribution < 1.29 is 28.9 Å². The number of hydrogen-bond donors (Lipinski definition) is 3. The lowest BCUT2D eigenvalue weighted by molar-refractivity contribution is -0.285. The van der Waals surface area contributed by atoms with Gasteiger partial charge in [-0.1, -0.05) is 60.1 Å². The summed E-state index contributed by atoms with van der Waals surface area (Å²) in [5.41, 5.74) is 5.78. The Morgan fingerprint density at radius 1 is 1.12 bits per heavy atom. The lowest BCUT2D eigenvalue weighted by Crippen LogP contribution is -2.72. The van der Waals surface area contributed by atoms with Crippen LogP contribution in [0.3, 0.4) is 0 Å². The molecule has 12 atom stereocenters. The van der Waals surface area contributed by atoms with Gasteiger partial charge in [0, 0.05) is 23.3 Å². The molecular formula is C40H67N3O6. The van der Waals surface area contributed by atoms with Crippen LogP contribution in [-0.4, -0.2) is 66.6 Å². The number of carbonyl (C=O) groups is 2. The van der Waals surface area contributed by atoms with E-state index in [0.717, 1.165) is 32.1 Å². The Bertz CT molecular complexity index is 1360. The normalized spacial score (nSPS) is 44.2. The molecule has 2 bridgehead atoms. The quantitative estimate of drug-likeness (QED) is 0.0820. The van der Waals surface area contributed by atoms with E-state index >= 15 is 0 Å². The van der Waals surface area contributed by atoms with E-state index in [1.807, 2.05) is 20.8 Å². The molecule has 0 amide bonds. The van der Waals surface area contributed by atoms with Gasteiger partial charge in [0.2, 0.25) is 0 Å². The van der Waals surface area contributed by atoms with E-state index in [2.05, 4.69) is 71.8 Å². The van der Waals surface area contributed by atoms with E-state index in [9.17, 15) is 14.7 Å². The summed E-state index contributed by atoms with van der Waals surface area (Å²) in [6, 6.07) is 0. The summed E-state index contributed by atoms with van der Waals surface area (Å²) in [6.45, 7) is 27.0. The highest BCUT2D eigenvalue weighted by Gasteiger charge is 2.73. The fourth-order valence-corrected chi connectivity index (χ4v) is 12.3. The summed E-state index contributed by atoms with van der Waals surface area (Å²) in [6.07, 6.45) is 6.88. The lowest BCUT2D eigenvalue weighted by atomic mass is 9.34. The zero-order chi connectivity index (χ0) is 36.5. The first-order valence-electron chi connectivity index (χ1n) is 19.0. The van der Waals surface area contributed by atoms with E-state index in [1.165, 1.54) is 12.5 Å². The van der Waals surface area contributed by atoms with Crippen LogP contribution in [0.1, 0.15) is 122 Å². The smallest absolute Gasteiger partial charge is 0.307 e. The Labute approximate surface area is 295 Å². The van der Waals surface area contributed by atoms with E-state index in [0.29, 0.717) is 44.0 Å². The second-order valence-corrected chi connectivity index (χ2v) is 19.0. The number of nitrogens with zero attached hydrogens (tertiary/aromatic N) is 1. The van der Waals surface area contributed by atoms with E-state index in [-0.39, 0.29) is 51.8 Å². The number of guanidine groups is 1. The second kappa shape index (κ2) is 12.8. The third-order valence-electron chi connectivity index (χ3n) is 15.0. The lowest BCUT2D eigenvalue weighted by Gasteiger charge is -2.72. The predicted octanol–water partition coefficient (Wildman–Crippen LogP) is 6.98. The van der Waals surface area contributed by atoms with Crippen molar-refractivity contribution in [1.82, 2.24) is 5.32 Å². The van der Waals surface area contributed by atoms with Crippen LogP contribution < -0.4 is 11.1 Å². The molecule has 278 valence electrons. The van der Waals surface area contributed by atoms with Crippen molar-refractivity contribution in [2.24, 2.45) is 67.4 Å². The molecule has 4 aliphatic carbocycles. The summed E-state index contributed by atoms with van der Waals surface area (Å²) in [5, 5.41) is 14.2. The molecule has 1 saturated heterocycles. The summed E-state index contributed by atoms with van der Waals surface area (Å²) in [4.78, 5) is 30.6. The first-order valence-corrected chi connectivity index (χ1v) is 19.0. The van der Waals surface area contributed by atoms with Gasteiger partial charge in [-0.25, -0.2) is 0 Å².